The second kappa shape index (κ2) is 6.12. The number of fused-ring (bicyclic) bond motifs is 1. The van der Waals surface area contributed by atoms with Crippen LogP contribution in [0.15, 0.2) is 30.6 Å². The molecule has 0 atom stereocenters. The zero-order chi connectivity index (χ0) is 15.7. The van der Waals surface area contributed by atoms with E-state index in [1.807, 2.05) is 24.1 Å². The highest BCUT2D eigenvalue weighted by Gasteiger charge is 2.15. The SMILES string of the molecule is CN(CCO)c1cc(-c2cn[nH]c2)nc2c(Cl)c(Cl)ccc12. The lowest BCUT2D eigenvalue weighted by Crippen LogP contribution is -2.21. The first-order chi connectivity index (χ1) is 10.6. The van der Waals surface area contributed by atoms with Crippen LogP contribution in [0.1, 0.15) is 0 Å². The predicted octanol–water partition coefficient (Wildman–Crippen LogP) is 3.36. The molecule has 5 nitrogen and oxygen atoms in total. The fourth-order valence-corrected chi connectivity index (χ4v) is 2.70. The fraction of sp³-hybridized carbons (Fsp3) is 0.200. The van der Waals surface area contributed by atoms with Crippen molar-refractivity contribution in [2.45, 2.75) is 0 Å². The maximum atomic E-state index is 9.20. The monoisotopic (exact) mass is 336 g/mol. The van der Waals surface area contributed by atoms with E-state index in [-0.39, 0.29) is 6.61 Å². The van der Waals surface area contributed by atoms with Gasteiger partial charge in [-0.2, -0.15) is 5.10 Å². The number of rotatable bonds is 4. The van der Waals surface area contributed by atoms with Crippen LogP contribution in [0.4, 0.5) is 5.69 Å². The number of aliphatic hydroxyl groups excluding tert-OH is 1. The highest BCUT2D eigenvalue weighted by atomic mass is 35.5. The largest absolute Gasteiger partial charge is 0.395 e. The van der Waals surface area contributed by atoms with Crippen molar-refractivity contribution in [2.24, 2.45) is 0 Å². The summed E-state index contributed by atoms with van der Waals surface area (Å²) in [6.45, 7) is 0.562. The molecule has 3 aromatic rings. The molecular formula is C15H14Cl2N4O. The van der Waals surface area contributed by atoms with Crippen molar-refractivity contribution in [3.63, 3.8) is 0 Å². The van der Waals surface area contributed by atoms with Gasteiger partial charge >= 0.3 is 0 Å². The van der Waals surface area contributed by atoms with Gasteiger partial charge in [-0.1, -0.05) is 23.2 Å². The van der Waals surface area contributed by atoms with E-state index >= 15 is 0 Å². The van der Waals surface area contributed by atoms with Crippen LogP contribution in [0.25, 0.3) is 22.2 Å². The van der Waals surface area contributed by atoms with Gasteiger partial charge in [0.1, 0.15) is 0 Å². The van der Waals surface area contributed by atoms with Crippen molar-refractivity contribution in [2.75, 3.05) is 25.1 Å². The summed E-state index contributed by atoms with van der Waals surface area (Å²) in [6, 6.07) is 5.59. The quantitative estimate of drug-likeness (QED) is 0.766. The Balaban J connectivity index is 2.29. The standard InChI is InChI=1S/C15H14Cl2N4O/c1-21(4-5-22)13-6-12(9-7-18-19-8-9)20-15-10(13)2-3-11(16)14(15)17/h2-3,6-8,22H,4-5H2,1H3,(H,18,19). The van der Waals surface area contributed by atoms with E-state index in [9.17, 15) is 5.11 Å². The van der Waals surface area contributed by atoms with Gasteiger partial charge in [0.15, 0.2) is 0 Å². The zero-order valence-corrected chi connectivity index (χ0v) is 13.4. The lowest BCUT2D eigenvalue weighted by Gasteiger charge is -2.21. The molecule has 0 unspecified atom stereocenters. The van der Waals surface area contributed by atoms with Gasteiger partial charge in [-0.15, -0.1) is 0 Å². The van der Waals surface area contributed by atoms with Crippen LogP contribution >= 0.6 is 23.2 Å². The predicted molar refractivity (Wildman–Crippen MR) is 89.7 cm³/mol. The number of nitrogens with zero attached hydrogens (tertiary/aromatic N) is 3. The molecule has 0 fully saturated rings. The summed E-state index contributed by atoms with van der Waals surface area (Å²) in [4.78, 5) is 6.57. The fourth-order valence-electron chi connectivity index (χ4n) is 2.34. The molecule has 0 aliphatic heterocycles. The molecule has 0 saturated heterocycles. The van der Waals surface area contributed by atoms with E-state index in [4.69, 9.17) is 23.2 Å². The van der Waals surface area contributed by atoms with Crippen LogP contribution < -0.4 is 4.90 Å². The molecule has 2 aromatic heterocycles. The number of H-pyrrole nitrogens is 1. The summed E-state index contributed by atoms with van der Waals surface area (Å²) in [5.74, 6) is 0. The number of benzene rings is 1. The van der Waals surface area contributed by atoms with Crippen LogP contribution in [0, 0.1) is 0 Å². The van der Waals surface area contributed by atoms with E-state index in [1.54, 1.807) is 18.5 Å². The second-order valence-corrected chi connectivity index (χ2v) is 5.70. The minimum absolute atomic E-state index is 0.0582. The maximum absolute atomic E-state index is 9.20. The maximum Gasteiger partial charge on any atom is 0.0931 e. The van der Waals surface area contributed by atoms with Crippen molar-refractivity contribution in [3.05, 3.63) is 40.6 Å². The van der Waals surface area contributed by atoms with Crippen molar-refractivity contribution < 1.29 is 5.11 Å². The van der Waals surface area contributed by atoms with Gasteiger partial charge in [0, 0.05) is 36.4 Å². The lowest BCUT2D eigenvalue weighted by atomic mass is 10.1. The molecule has 22 heavy (non-hydrogen) atoms. The third-order valence-corrected chi connectivity index (χ3v) is 4.29. The molecule has 1 aromatic carbocycles. The normalized spacial score (nSPS) is 11.1. The molecule has 0 bridgehead atoms. The van der Waals surface area contributed by atoms with E-state index in [0.29, 0.717) is 22.1 Å². The number of hydrogen-bond acceptors (Lipinski definition) is 4. The Hall–Kier alpha value is -1.82. The summed E-state index contributed by atoms with van der Waals surface area (Å²) in [6.07, 6.45) is 3.46. The summed E-state index contributed by atoms with van der Waals surface area (Å²) in [5.41, 5.74) is 3.16. The van der Waals surface area contributed by atoms with Gasteiger partial charge in [-0.25, -0.2) is 4.98 Å². The van der Waals surface area contributed by atoms with E-state index in [0.717, 1.165) is 22.3 Å². The molecule has 7 heteroatoms. The Labute approximate surface area is 137 Å². The molecule has 0 spiro atoms. The number of nitrogens with one attached hydrogen (secondary N) is 1. The highest BCUT2D eigenvalue weighted by Crippen LogP contribution is 2.36. The summed E-state index contributed by atoms with van der Waals surface area (Å²) in [7, 11) is 1.91. The molecule has 0 saturated carbocycles. The van der Waals surface area contributed by atoms with Gasteiger partial charge in [0.05, 0.1) is 34.1 Å². The van der Waals surface area contributed by atoms with Crippen molar-refractivity contribution >= 4 is 39.8 Å². The van der Waals surface area contributed by atoms with Crippen LogP contribution in [0.2, 0.25) is 10.0 Å². The minimum atomic E-state index is 0.0582. The number of halogens is 2. The second-order valence-electron chi connectivity index (χ2n) is 4.92. The third-order valence-electron chi connectivity index (χ3n) is 3.49. The average Bonchev–Trinajstić information content (AvgIpc) is 3.05. The topological polar surface area (TPSA) is 65.0 Å². The first-order valence-electron chi connectivity index (χ1n) is 6.71. The lowest BCUT2D eigenvalue weighted by molar-refractivity contribution is 0.304. The molecule has 0 aliphatic rings. The number of pyridine rings is 1. The van der Waals surface area contributed by atoms with Gasteiger partial charge in [0.25, 0.3) is 0 Å². The van der Waals surface area contributed by atoms with E-state index in [2.05, 4.69) is 15.2 Å². The van der Waals surface area contributed by atoms with E-state index < -0.39 is 0 Å². The summed E-state index contributed by atoms with van der Waals surface area (Å²) in [5, 5.41) is 17.7. The van der Waals surface area contributed by atoms with E-state index in [1.165, 1.54) is 0 Å². The van der Waals surface area contributed by atoms with Gasteiger partial charge < -0.3 is 10.0 Å². The number of likely N-dealkylation sites (N-methyl/N-ethyl adjacent to an activating group) is 1. The molecule has 2 N–H and O–H groups in total. The molecule has 0 aliphatic carbocycles. The van der Waals surface area contributed by atoms with Crippen LogP contribution in [-0.2, 0) is 0 Å². The molecule has 0 amide bonds. The van der Waals surface area contributed by atoms with Gasteiger partial charge in [-0.05, 0) is 18.2 Å². The van der Waals surface area contributed by atoms with Crippen LogP contribution in [0.3, 0.4) is 0 Å². The highest BCUT2D eigenvalue weighted by molar-refractivity contribution is 6.45. The minimum Gasteiger partial charge on any atom is -0.395 e. The molecular weight excluding hydrogens is 323 g/mol. The first kappa shape index (κ1) is 15.1. The number of aliphatic hydroxyl groups is 1. The Morgan fingerprint density at radius 2 is 2.14 bits per heavy atom. The Bertz CT molecular complexity index is 805. The van der Waals surface area contributed by atoms with Crippen LogP contribution in [-0.4, -0.2) is 40.5 Å². The molecule has 3 rings (SSSR count). The number of anilines is 1. The average molecular weight is 337 g/mol. The third kappa shape index (κ3) is 2.63. The molecule has 2 heterocycles. The van der Waals surface area contributed by atoms with Gasteiger partial charge in [-0.3, -0.25) is 5.10 Å². The number of aromatic nitrogens is 3. The molecule has 0 radical (unpaired) electrons. The van der Waals surface area contributed by atoms with Crippen molar-refractivity contribution in [1.82, 2.24) is 15.2 Å². The summed E-state index contributed by atoms with van der Waals surface area (Å²) < 4.78 is 0. The Morgan fingerprint density at radius 3 is 2.82 bits per heavy atom. The smallest absolute Gasteiger partial charge is 0.0931 e. The van der Waals surface area contributed by atoms with Gasteiger partial charge in [0.2, 0.25) is 0 Å². The number of aromatic amines is 1. The summed E-state index contributed by atoms with van der Waals surface area (Å²) >= 11 is 12.4. The van der Waals surface area contributed by atoms with Crippen LogP contribution in [0.5, 0.6) is 0 Å². The zero-order valence-electron chi connectivity index (χ0n) is 11.8. The van der Waals surface area contributed by atoms with Crippen molar-refractivity contribution in [1.29, 1.82) is 0 Å². The molecule has 114 valence electrons. The Kier molecular flexibility index (Phi) is 4.20. The number of hydrogen-bond donors (Lipinski definition) is 2. The first-order valence-corrected chi connectivity index (χ1v) is 7.47. The Morgan fingerprint density at radius 1 is 1.32 bits per heavy atom. The van der Waals surface area contributed by atoms with Crippen molar-refractivity contribution in [3.8, 4) is 11.3 Å².